The highest BCUT2D eigenvalue weighted by Crippen LogP contribution is 2.14. The molecular weight excluding hydrogens is 240 g/mol. The van der Waals surface area contributed by atoms with Crippen molar-refractivity contribution in [2.45, 2.75) is 6.54 Å². The maximum absolute atomic E-state index is 11.4. The molecule has 2 N–H and O–H groups in total. The normalized spacial score (nSPS) is 10.2. The third kappa shape index (κ3) is 2.48. The largest absolute Gasteiger partial charge is 0.343 e. The van der Waals surface area contributed by atoms with Crippen molar-refractivity contribution in [3.05, 3.63) is 21.4 Å². The van der Waals surface area contributed by atoms with E-state index in [-0.39, 0.29) is 18.1 Å². The summed E-state index contributed by atoms with van der Waals surface area (Å²) in [6.07, 6.45) is 0. The van der Waals surface area contributed by atoms with Crippen LogP contribution in [0.3, 0.4) is 0 Å². The molecule has 0 aliphatic rings. The zero-order valence-electron chi connectivity index (χ0n) is 7.27. The quantitative estimate of drug-likeness (QED) is 0.806. The number of hydrogen-bond acceptors (Lipinski definition) is 6. The Labute approximate surface area is 92.9 Å². The maximum Gasteiger partial charge on any atom is 0.271 e. The summed E-state index contributed by atoms with van der Waals surface area (Å²) in [5, 5.41) is 17.2. The van der Waals surface area contributed by atoms with Crippen LogP contribution in [0.2, 0.25) is 4.47 Å². The van der Waals surface area contributed by atoms with Crippen LogP contribution >= 0.6 is 22.9 Å². The number of amides is 1. The van der Waals surface area contributed by atoms with E-state index in [9.17, 15) is 4.79 Å². The van der Waals surface area contributed by atoms with Crippen LogP contribution in [0.25, 0.3) is 0 Å². The first-order valence-corrected chi connectivity index (χ1v) is 5.13. The van der Waals surface area contributed by atoms with Gasteiger partial charge in [0.2, 0.25) is 0 Å². The maximum atomic E-state index is 11.4. The molecular formula is C6H5ClN6OS. The molecule has 2 rings (SSSR count). The number of H-pyrrole nitrogens is 1. The summed E-state index contributed by atoms with van der Waals surface area (Å²) < 4.78 is 0.333. The molecule has 0 atom stereocenters. The molecule has 0 bridgehead atoms. The minimum Gasteiger partial charge on any atom is -0.343 e. The zero-order valence-corrected chi connectivity index (χ0v) is 8.84. The van der Waals surface area contributed by atoms with E-state index < -0.39 is 0 Å². The second-order valence-corrected chi connectivity index (χ2v) is 3.94. The number of carbonyl (C=O) groups is 1. The van der Waals surface area contributed by atoms with Gasteiger partial charge in [0, 0.05) is 5.38 Å². The zero-order chi connectivity index (χ0) is 10.7. The van der Waals surface area contributed by atoms with Gasteiger partial charge in [-0.05, 0) is 0 Å². The molecule has 1 amide bonds. The first kappa shape index (κ1) is 9.99. The van der Waals surface area contributed by atoms with Crippen LogP contribution in [-0.4, -0.2) is 31.5 Å². The van der Waals surface area contributed by atoms with Gasteiger partial charge in [-0.25, -0.2) is 4.98 Å². The van der Waals surface area contributed by atoms with E-state index in [1.165, 1.54) is 11.3 Å². The van der Waals surface area contributed by atoms with Crippen molar-refractivity contribution in [2.75, 3.05) is 0 Å². The lowest BCUT2D eigenvalue weighted by Gasteiger charge is -1.97. The molecule has 7 nitrogen and oxygen atoms in total. The molecule has 9 heteroatoms. The van der Waals surface area contributed by atoms with Gasteiger partial charge in [-0.2, -0.15) is 5.21 Å². The van der Waals surface area contributed by atoms with Crippen LogP contribution in [0.1, 0.15) is 16.3 Å². The molecule has 0 saturated carbocycles. The predicted octanol–water partition coefficient (Wildman–Crippen LogP) is 0.240. The van der Waals surface area contributed by atoms with Gasteiger partial charge in [-0.1, -0.05) is 16.8 Å². The van der Waals surface area contributed by atoms with Crippen molar-refractivity contribution >= 4 is 28.8 Å². The minimum absolute atomic E-state index is 0.199. The van der Waals surface area contributed by atoms with E-state index in [4.69, 9.17) is 11.6 Å². The van der Waals surface area contributed by atoms with Gasteiger partial charge in [0.15, 0.2) is 10.3 Å². The molecule has 0 unspecified atom stereocenters. The lowest BCUT2D eigenvalue weighted by molar-refractivity contribution is 0.0945. The Balaban J connectivity index is 1.93. The number of hydrogen-bond donors (Lipinski definition) is 2. The third-order valence-electron chi connectivity index (χ3n) is 1.51. The summed E-state index contributed by atoms with van der Waals surface area (Å²) >= 11 is 6.79. The van der Waals surface area contributed by atoms with E-state index in [0.717, 1.165) is 0 Å². The van der Waals surface area contributed by atoms with Crippen molar-refractivity contribution < 1.29 is 4.79 Å². The average Bonchev–Trinajstić information content (AvgIpc) is 2.84. The molecule has 2 heterocycles. The van der Waals surface area contributed by atoms with Crippen LogP contribution in [-0.2, 0) is 6.54 Å². The summed E-state index contributed by atoms with van der Waals surface area (Å²) in [7, 11) is 0. The number of aromatic amines is 1. The van der Waals surface area contributed by atoms with Crippen LogP contribution in [0, 0.1) is 0 Å². The minimum atomic E-state index is -0.317. The van der Waals surface area contributed by atoms with Crippen molar-refractivity contribution in [1.29, 1.82) is 0 Å². The van der Waals surface area contributed by atoms with E-state index >= 15 is 0 Å². The standard InChI is InChI=1S/C6H5ClN6OS/c7-6-9-3(2-15-6)5(14)8-1-4-10-12-13-11-4/h2H,1H2,(H,8,14)(H,10,11,12,13). The summed E-state index contributed by atoms with van der Waals surface area (Å²) in [5.41, 5.74) is 0.286. The number of nitrogens with one attached hydrogen (secondary N) is 2. The molecule has 78 valence electrons. The SMILES string of the molecule is O=C(NCc1nn[nH]n1)c1csc(Cl)n1. The number of halogens is 1. The Morgan fingerprint density at radius 2 is 2.53 bits per heavy atom. The van der Waals surface area contributed by atoms with Crippen LogP contribution in [0.5, 0.6) is 0 Å². The number of rotatable bonds is 3. The Kier molecular flexibility index (Phi) is 2.88. The topological polar surface area (TPSA) is 96.5 Å². The van der Waals surface area contributed by atoms with Gasteiger partial charge < -0.3 is 5.32 Å². The van der Waals surface area contributed by atoms with E-state index in [1.807, 2.05) is 0 Å². The Morgan fingerprint density at radius 3 is 3.13 bits per heavy atom. The average molecular weight is 245 g/mol. The fraction of sp³-hybridized carbons (Fsp3) is 0.167. The van der Waals surface area contributed by atoms with E-state index in [2.05, 4.69) is 30.9 Å². The molecule has 0 radical (unpaired) electrons. The summed E-state index contributed by atoms with van der Waals surface area (Å²) in [4.78, 5) is 15.3. The fourth-order valence-corrected chi connectivity index (χ4v) is 1.61. The molecule has 2 aromatic heterocycles. The second kappa shape index (κ2) is 4.32. The van der Waals surface area contributed by atoms with Crippen LogP contribution in [0.4, 0.5) is 0 Å². The summed E-state index contributed by atoms with van der Waals surface area (Å²) in [6.45, 7) is 0.199. The molecule has 0 aromatic carbocycles. The number of aromatic nitrogens is 5. The number of carbonyl (C=O) groups excluding carboxylic acids is 1. The van der Waals surface area contributed by atoms with Crippen LogP contribution in [0.15, 0.2) is 5.38 Å². The first-order valence-electron chi connectivity index (χ1n) is 3.87. The third-order valence-corrected chi connectivity index (χ3v) is 2.48. The van der Waals surface area contributed by atoms with Crippen molar-refractivity contribution in [3.63, 3.8) is 0 Å². The van der Waals surface area contributed by atoms with Gasteiger partial charge in [0.1, 0.15) is 5.69 Å². The predicted molar refractivity (Wildman–Crippen MR) is 52.5 cm³/mol. The smallest absolute Gasteiger partial charge is 0.271 e. The fourth-order valence-electron chi connectivity index (χ4n) is 0.863. The molecule has 15 heavy (non-hydrogen) atoms. The first-order chi connectivity index (χ1) is 7.25. The lowest BCUT2D eigenvalue weighted by Crippen LogP contribution is -2.23. The molecule has 0 fully saturated rings. The van der Waals surface area contributed by atoms with Crippen LogP contribution < -0.4 is 5.32 Å². The van der Waals surface area contributed by atoms with Crippen molar-refractivity contribution in [2.24, 2.45) is 0 Å². The number of thiazole rings is 1. The highest BCUT2D eigenvalue weighted by molar-refractivity contribution is 7.14. The lowest BCUT2D eigenvalue weighted by atomic mass is 10.4. The van der Waals surface area contributed by atoms with Crippen molar-refractivity contribution in [3.8, 4) is 0 Å². The highest BCUT2D eigenvalue weighted by atomic mass is 35.5. The molecule has 0 aliphatic heterocycles. The van der Waals surface area contributed by atoms with Gasteiger partial charge in [-0.15, -0.1) is 21.5 Å². The summed E-state index contributed by atoms with van der Waals surface area (Å²) in [5.74, 6) is 0.0904. The van der Waals surface area contributed by atoms with Gasteiger partial charge in [-0.3, -0.25) is 4.79 Å². The second-order valence-electron chi connectivity index (χ2n) is 2.50. The Hall–Kier alpha value is -1.54. The van der Waals surface area contributed by atoms with Crippen molar-refractivity contribution in [1.82, 2.24) is 30.9 Å². The van der Waals surface area contributed by atoms with E-state index in [1.54, 1.807) is 5.38 Å². The molecule has 0 saturated heterocycles. The Morgan fingerprint density at radius 1 is 1.67 bits per heavy atom. The monoisotopic (exact) mass is 244 g/mol. The Bertz CT molecular complexity index is 454. The highest BCUT2D eigenvalue weighted by Gasteiger charge is 2.10. The summed E-state index contributed by atoms with van der Waals surface area (Å²) in [6, 6.07) is 0. The van der Waals surface area contributed by atoms with E-state index in [0.29, 0.717) is 10.3 Å². The molecule has 0 spiro atoms. The van der Waals surface area contributed by atoms with Gasteiger partial charge in [0.05, 0.1) is 6.54 Å². The molecule has 2 aromatic rings. The van der Waals surface area contributed by atoms with Gasteiger partial charge in [0.25, 0.3) is 5.91 Å². The molecule has 0 aliphatic carbocycles. The van der Waals surface area contributed by atoms with Gasteiger partial charge >= 0.3 is 0 Å². The number of tetrazole rings is 1. The number of nitrogens with zero attached hydrogens (tertiary/aromatic N) is 4.